The largest absolute Gasteiger partial charge is 0.465 e. The number of hydrogen-bond acceptors (Lipinski definition) is 4. The smallest absolute Gasteiger partial charge is 0.320 e. The molecule has 0 saturated carbocycles. The van der Waals surface area contributed by atoms with Crippen molar-refractivity contribution in [3.63, 3.8) is 0 Å². The first-order valence-corrected chi connectivity index (χ1v) is 7.06. The normalized spacial score (nSPS) is 11.7. The summed E-state index contributed by atoms with van der Waals surface area (Å²) in [6, 6.07) is 9.40. The number of esters is 2. The molecule has 0 fully saturated rings. The minimum Gasteiger partial charge on any atom is -0.465 e. The number of carbonyl (C=O) groups excluding carboxylic acids is 2. The van der Waals surface area contributed by atoms with Gasteiger partial charge in [0, 0.05) is 0 Å². The predicted molar refractivity (Wildman–Crippen MR) is 75.9 cm³/mol. The summed E-state index contributed by atoms with van der Waals surface area (Å²) in [5.74, 6) is -1.79. The summed E-state index contributed by atoms with van der Waals surface area (Å²) in [6.45, 7) is 4.35. The van der Waals surface area contributed by atoms with Gasteiger partial charge in [0.25, 0.3) is 0 Å². The lowest BCUT2D eigenvalue weighted by atomic mass is 10.0. The second-order valence-corrected chi connectivity index (χ2v) is 4.60. The van der Waals surface area contributed by atoms with E-state index in [1.165, 1.54) is 0 Å². The van der Waals surface area contributed by atoms with Crippen LogP contribution < -0.4 is 0 Å². The fraction of sp³-hybridized carbons (Fsp3) is 0.500. The molecule has 0 aliphatic carbocycles. The van der Waals surface area contributed by atoms with Gasteiger partial charge in [-0.3, -0.25) is 9.59 Å². The molecule has 0 N–H and O–H groups in total. The molecule has 0 amide bonds. The van der Waals surface area contributed by atoms with E-state index >= 15 is 0 Å². The standard InChI is InChI=1S/C16H22O4/c1-3-8-14(15(17)19-11-4-2)16(18)20-12-13-9-6-5-7-10-13/h5-7,9-10,14H,3-4,8,11-12H2,1-2H3. The molecule has 1 aromatic carbocycles. The lowest BCUT2D eigenvalue weighted by molar-refractivity contribution is -0.163. The Kier molecular flexibility index (Phi) is 7.40. The molecule has 1 aromatic rings. The van der Waals surface area contributed by atoms with E-state index in [4.69, 9.17) is 9.47 Å². The highest BCUT2D eigenvalue weighted by molar-refractivity contribution is 5.94. The van der Waals surface area contributed by atoms with E-state index in [-0.39, 0.29) is 6.61 Å². The lowest BCUT2D eigenvalue weighted by Gasteiger charge is -2.14. The average Bonchev–Trinajstić information content (AvgIpc) is 2.49. The fourth-order valence-electron chi connectivity index (χ4n) is 1.75. The van der Waals surface area contributed by atoms with Crippen LogP contribution in [0, 0.1) is 5.92 Å². The van der Waals surface area contributed by atoms with Crippen LogP contribution in [0.4, 0.5) is 0 Å². The van der Waals surface area contributed by atoms with Crippen LogP contribution in [-0.2, 0) is 25.7 Å². The molecule has 1 rings (SSSR count). The Bertz CT molecular complexity index is 414. The maximum atomic E-state index is 12.0. The summed E-state index contributed by atoms with van der Waals surface area (Å²) >= 11 is 0. The molecule has 4 nitrogen and oxygen atoms in total. The molecule has 0 aliphatic rings. The zero-order chi connectivity index (χ0) is 14.8. The second kappa shape index (κ2) is 9.13. The minimum atomic E-state index is -0.810. The average molecular weight is 278 g/mol. The van der Waals surface area contributed by atoms with E-state index < -0.39 is 17.9 Å². The van der Waals surface area contributed by atoms with Crippen LogP contribution in [0.25, 0.3) is 0 Å². The summed E-state index contributed by atoms with van der Waals surface area (Å²) in [6.07, 6.45) is 1.92. The first-order chi connectivity index (χ1) is 9.69. The molecule has 4 heteroatoms. The molecule has 0 spiro atoms. The number of benzene rings is 1. The Morgan fingerprint density at radius 3 is 2.25 bits per heavy atom. The Hall–Kier alpha value is -1.84. The highest BCUT2D eigenvalue weighted by Crippen LogP contribution is 2.13. The lowest BCUT2D eigenvalue weighted by Crippen LogP contribution is -2.28. The quantitative estimate of drug-likeness (QED) is 0.541. The third kappa shape index (κ3) is 5.43. The minimum absolute atomic E-state index is 0.181. The van der Waals surface area contributed by atoms with E-state index in [9.17, 15) is 9.59 Å². The zero-order valence-corrected chi connectivity index (χ0v) is 12.1. The Labute approximate surface area is 120 Å². The van der Waals surface area contributed by atoms with Crippen molar-refractivity contribution in [2.75, 3.05) is 6.61 Å². The molecule has 110 valence electrons. The van der Waals surface area contributed by atoms with Gasteiger partial charge in [0.15, 0.2) is 5.92 Å². The van der Waals surface area contributed by atoms with Crippen LogP contribution in [0.1, 0.15) is 38.7 Å². The van der Waals surface area contributed by atoms with Crippen molar-refractivity contribution in [1.82, 2.24) is 0 Å². The zero-order valence-electron chi connectivity index (χ0n) is 12.1. The van der Waals surface area contributed by atoms with Gasteiger partial charge in [-0.1, -0.05) is 50.6 Å². The maximum absolute atomic E-state index is 12.0. The predicted octanol–water partition coefficient (Wildman–Crippen LogP) is 3.10. The number of hydrogen-bond donors (Lipinski definition) is 0. The summed E-state index contributed by atoms with van der Waals surface area (Å²) < 4.78 is 10.2. The van der Waals surface area contributed by atoms with E-state index in [0.717, 1.165) is 18.4 Å². The van der Waals surface area contributed by atoms with Gasteiger partial charge in [-0.2, -0.15) is 0 Å². The molecule has 0 radical (unpaired) electrons. The Morgan fingerprint density at radius 2 is 1.65 bits per heavy atom. The highest BCUT2D eigenvalue weighted by atomic mass is 16.6. The first kappa shape index (κ1) is 16.2. The van der Waals surface area contributed by atoms with E-state index in [2.05, 4.69) is 0 Å². The Balaban J connectivity index is 2.53. The van der Waals surface area contributed by atoms with Crippen LogP contribution in [0.2, 0.25) is 0 Å². The Morgan fingerprint density at radius 1 is 1.00 bits per heavy atom. The van der Waals surface area contributed by atoms with Crippen molar-refractivity contribution in [1.29, 1.82) is 0 Å². The van der Waals surface area contributed by atoms with Crippen molar-refractivity contribution in [3.8, 4) is 0 Å². The van der Waals surface area contributed by atoms with Gasteiger partial charge in [-0.25, -0.2) is 0 Å². The van der Waals surface area contributed by atoms with Crippen LogP contribution in [-0.4, -0.2) is 18.5 Å². The molecule has 0 aliphatic heterocycles. The van der Waals surface area contributed by atoms with Crippen LogP contribution in [0.5, 0.6) is 0 Å². The molecule has 1 unspecified atom stereocenters. The van der Waals surface area contributed by atoms with Crippen LogP contribution in [0.15, 0.2) is 30.3 Å². The molecule has 0 bridgehead atoms. The summed E-state index contributed by atoms with van der Waals surface area (Å²) in [4.78, 5) is 23.8. The van der Waals surface area contributed by atoms with Gasteiger partial charge in [-0.15, -0.1) is 0 Å². The van der Waals surface area contributed by atoms with Crippen molar-refractivity contribution in [2.24, 2.45) is 5.92 Å². The number of ether oxygens (including phenoxy) is 2. The fourth-order valence-corrected chi connectivity index (χ4v) is 1.75. The van der Waals surface area contributed by atoms with E-state index in [1.54, 1.807) is 0 Å². The van der Waals surface area contributed by atoms with Gasteiger partial charge >= 0.3 is 11.9 Å². The van der Waals surface area contributed by atoms with Crippen molar-refractivity contribution < 1.29 is 19.1 Å². The third-order valence-electron chi connectivity index (χ3n) is 2.82. The van der Waals surface area contributed by atoms with Gasteiger partial charge in [0.05, 0.1) is 6.61 Å². The van der Waals surface area contributed by atoms with Gasteiger partial charge in [0.1, 0.15) is 6.61 Å². The van der Waals surface area contributed by atoms with Gasteiger partial charge in [0.2, 0.25) is 0 Å². The van der Waals surface area contributed by atoms with Crippen molar-refractivity contribution >= 4 is 11.9 Å². The highest BCUT2D eigenvalue weighted by Gasteiger charge is 2.28. The molecule has 0 saturated heterocycles. The third-order valence-corrected chi connectivity index (χ3v) is 2.82. The van der Waals surface area contributed by atoms with Crippen molar-refractivity contribution in [2.45, 2.75) is 39.7 Å². The molecule has 1 atom stereocenters. The molecule has 20 heavy (non-hydrogen) atoms. The van der Waals surface area contributed by atoms with Gasteiger partial charge < -0.3 is 9.47 Å². The SMILES string of the molecule is CCCOC(=O)C(CCC)C(=O)OCc1ccccc1. The summed E-state index contributed by atoms with van der Waals surface area (Å²) in [7, 11) is 0. The van der Waals surface area contributed by atoms with Crippen LogP contribution >= 0.6 is 0 Å². The monoisotopic (exact) mass is 278 g/mol. The first-order valence-electron chi connectivity index (χ1n) is 7.06. The molecular weight excluding hydrogens is 256 g/mol. The topological polar surface area (TPSA) is 52.6 Å². The second-order valence-electron chi connectivity index (χ2n) is 4.60. The molecular formula is C16H22O4. The number of carbonyl (C=O) groups is 2. The summed E-state index contributed by atoms with van der Waals surface area (Å²) in [5.41, 5.74) is 0.901. The van der Waals surface area contributed by atoms with Crippen LogP contribution in [0.3, 0.4) is 0 Å². The number of rotatable bonds is 8. The van der Waals surface area contributed by atoms with E-state index in [1.807, 2.05) is 44.2 Å². The maximum Gasteiger partial charge on any atom is 0.320 e. The van der Waals surface area contributed by atoms with Gasteiger partial charge in [-0.05, 0) is 18.4 Å². The summed E-state index contributed by atoms with van der Waals surface area (Å²) in [5, 5.41) is 0. The molecule has 0 heterocycles. The van der Waals surface area contributed by atoms with Crippen molar-refractivity contribution in [3.05, 3.63) is 35.9 Å². The molecule has 0 aromatic heterocycles. The van der Waals surface area contributed by atoms with E-state index in [0.29, 0.717) is 13.0 Å².